The molecule has 0 aromatic heterocycles. The van der Waals surface area contributed by atoms with Crippen LogP contribution >= 0.6 is 15.9 Å². The van der Waals surface area contributed by atoms with Crippen LogP contribution in [-0.4, -0.2) is 20.1 Å². The topological polar surface area (TPSA) is 45.7 Å². The molecule has 0 atom stereocenters. The van der Waals surface area contributed by atoms with Crippen molar-refractivity contribution in [2.24, 2.45) is 4.99 Å². The van der Waals surface area contributed by atoms with Crippen molar-refractivity contribution in [3.05, 3.63) is 63.9 Å². The van der Waals surface area contributed by atoms with E-state index in [0.29, 0.717) is 23.5 Å². The predicted molar refractivity (Wildman–Crippen MR) is 94.1 cm³/mol. The molecular formula is C17H19BrFN3O. The molecule has 0 fully saturated rings. The minimum atomic E-state index is -0.274. The SMILES string of the molecule is CN=C(NCc1cccc(OC)c1)NCc1ccc(Br)c(F)c1. The molecule has 2 aromatic carbocycles. The van der Waals surface area contributed by atoms with Crippen molar-refractivity contribution >= 4 is 21.9 Å². The minimum absolute atomic E-state index is 0.274. The Balaban J connectivity index is 1.89. The zero-order chi connectivity index (χ0) is 16.7. The average Bonchev–Trinajstić information content (AvgIpc) is 2.58. The van der Waals surface area contributed by atoms with E-state index in [-0.39, 0.29) is 5.82 Å². The summed E-state index contributed by atoms with van der Waals surface area (Å²) < 4.78 is 19.2. The Morgan fingerprint density at radius 3 is 2.43 bits per heavy atom. The van der Waals surface area contributed by atoms with Crippen molar-refractivity contribution in [2.45, 2.75) is 13.1 Å². The van der Waals surface area contributed by atoms with Gasteiger partial charge in [0.25, 0.3) is 0 Å². The van der Waals surface area contributed by atoms with Crippen LogP contribution in [0.2, 0.25) is 0 Å². The van der Waals surface area contributed by atoms with Gasteiger partial charge in [-0.05, 0) is 51.3 Å². The summed E-state index contributed by atoms with van der Waals surface area (Å²) in [5.41, 5.74) is 1.93. The van der Waals surface area contributed by atoms with Gasteiger partial charge in [0.2, 0.25) is 0 Å². The third kappa shape index (κ3) is 5.25. The first kappa shape index (κ1) is 17.3. The summed E-state index contributed by atoms with van der Waals surface area (Å²) in [7, 11) is 3.34. The molecule has 122 valence electrons. The van der Waals surface area contributed by atoms with E-state index in [1.165, 1.54) is 6.07 Å². The largest absolute Gasteiger partial charge is 0.497 e. The number of ether oxygens (including phenoxy) is 1. The number of guanidine groups is 1. The third-order valence-corrected chi connectivity index (χ3v) is 3.90. The highest BCUT2D eigenvalue weighted by molar-refractivity contribution is 9.10. The van der Waals surface area contributed by atoms with Gasteiger partial charge in [0.15, 0.2) is 5.96 Å². The maximum atomic E-state index is 13.5. The van der Waals surface area contributed by atoms with Gasteiger partial charge < -0.3 is 15.4 Å². The van der Waals surface area contributed by atoms with Crippen LogP contribution in [0, 0.1) is 5.82 Å². The van der Waals surface area contributed by atoms with Crippen molar-refractivity contribution in [1.82, 2.24) is 10.6 Å². The van der Waals surface area contributed by atoms with Crippen molar-refractivity contribution in [3.8, 4) is 5.75 Å². The number of benzene rings is 2. The maximum Gasteiger partial charge on any atom is 0.191 e. The lowest BCUT2D eigenvalue weighted by Gasteiger charge is -2.12. The molecule has 2 aromatic rings. The van der Waals surface area contributed by atoms with Gasteiger partial charge in [-0.15, -0.1) is 0 Å². The quantitative estimate of drug-likeness (QED) is 0.617. The first-order chi connectivity index (χ1) is 11.1. The summed E-state index contributed by atoms with van der Waals surface area (Å²) in [5.74, 6) is 1.19. The molecule has 2 N–H and O–H groups in total. The Morgan fingerprint density at radius 2 is 1.83 bits per heavy atom. The number of rotatable bonds is 5. The highest BCUT2D eigenvalue weighted by Gasteiger charge is 2.03. The van der Waals surface area contributed by atoms with Crippen LogP contribution in [0.25, 0.3) is 0 Å². The standard InChI is InChI=1S/C17H19BrFN3O/c1-20-17(21-10-12-4-3-5-14(8-12)23-2)22-11-13-6-7-15(18)16(19)9-13/h3-9H,10-11H2,1-2H3,(H2,20,21,22). The number of hydrogen-bond donors (Lipinski definition) is 2. The Hall–Kier alpha value is -2.08. The Kier molecular flexibility index (Phi) is 6.40. The lowest BCUT2D eigenvalue weighted by Crippen LogP contribution is -2.36. The molecule has 2 rings (SSSR count). The molecule has 0 saturated heterocycles. The maximum absolute atomic E-state index is 13.5. The number of nitrogens with zero attached hydrogens (tertiary/aromatic N) is 1. The summed E-state index contributed by atoms with van der Waals surface area (Å²) in [6.07, 6.45) is 0. The van der Waals surface area contributed by atoms with Crippen LogP contribution in [0.15, 0.2) is 51.9 Å². The van der Waals surface area contributed by atoms with E-state index in [1.807, 2.05) is 30.3 Å². The van der Waals surface area contributed by atoms with Gasteiger partial charge in [0.1, 0.15) is 11.6 Å². The normalized spacial score (nSPS) is 11.2. The molecule has 0 aliphatic carbocycles. The highest BCUT2D eigenvalue weighted by Crippen LogP contribution is 2.16. The number of aliphatic imine (C=N–C) groups is 1. The Labute approximate surface area is 143 Å². The van der Waals surface area contributed by atoms with Gasteiger partial charge in [-0.2, -0.15) is 0 Å². The fourth-order valence-electron chi connectivity index (χ4n) is 2.02. The van der Waals surface area contributed by atoms with Crippen molar-refractivity contribution < 1.29 is 9.13 Å². The molecule has 0 radical (unpaired) electrons. The van der Waals surface area contributed by atoms with Gasteiger partial charge in [-0.25, -0.2) is 4.39 Å². The lowest BCUT2D eigenvalue weighted by molar-refractivity contribution is 0.414. The average molecular weight is 380 g/mol. The van der Waals surface area contributed by atoms with E-state index in [4.69, 9.17) is 4.74 Å². The summed E-state index contributed by atoms with van der Waals surface area (Å²) in [5, 5.41) is 6.37. The van der Waals surface area contributed by atoms with E-state index in [0.717, 1.165) is 16.9 Å². The molecule has 0 saturated carbocycles. The second-order valence-corrected chi connectivity index (χ2v) is 5.73. The fraction of sp³-hybridized carbons (Fsp3) is 0.235. The second-order valence-electron chi connectivity index (χ2n) is 4.88. The molecular weight excluding hydrogens is 361 g/mol. The summed E-state index contributed by atoms with van der Waals surface area (Å²) in [6.45, 7) is 1.10. The highest BCUT2D eigenvalue weighted by atomic mass is 79.9. The van der Waals surface area contributed by atoms with Gasteiger partial charge in [-0.3, -0.25) is 4.99 Å². The summed E-state index contributed by atoms with van der Waals surface area (Å²) in [4.78, 5) is 4.16. The zero-order valence-electron chi connectivity index (χ0n) is 13.1. The molecule has 0 heterocycles. The first-order valence-electron chi connectivity index (χ1n) is 7.13. The zero-order valence-corrected chi connectivity index (χ0v) is 14.7. The summed E-state index contributed by atoms with van der Waals surface area (Å²) >= 11 is 3.14. The molecule has 0 spiro atoms. The number of hydrogen-bond acceptors (Lipinski definition) is 2. The van der Waals surface area contributed by atoms with Gasteiger partial charge >= 0.3 is 0 Å². The first-order valence-corrected chi connectivity index (χ1v) is 7.93. The molecule has 6 heteroatoms. The second kappa shape index (κ2) is 8.53. The monoisotopic (exact) mass is 379 g/mol. The molecule has 23 heavy (non-hydrogen) atoms. The summed E-state index contributed by atoms with van der Waals surface area (Å²) in [6, 6.07) is 12.9. The van der Waals surface area contributed by atoms with Crippen LogP contribution in [0.3, 0.4) is 0 Å². The van der Waals surface area contributed by atoms with Crippen molar-refractivity contribution in [1.29, 1.82) is 0 Å². The molecule has 0 unspecified atom stereocenters. The van der Waals surface area contributed by atoms with E-state index in [9.17, 15) is 4.39 Å². The van der Waals surface area contributed by atoms with Gasteiger partial charge in [0.05, 0.1) is 11.6 Å². The van der Waals surface area contributed by atoms with Crippen LogP contribution in [0.5, 0.6) is 5.75 Å². The molecule has 0 aliphatic heterocycles. The van der Waals surface area contributed by atoms with E-state index in [2.05, 4.69) is 31.6 Å². The molecule has 0 bridgehead atoms. The Bertz CT molecular complexity index is 691. The fourth-order valence-corrected chi connectivity index (χ4v) is 2.27. The van der Waals surface area contributed by atoms with Gasteiger partial charge in [0, 0.05) is 20.1 Å². The molecule has 4 nitrogen and oxygen atoms in total. The van der Waals surface area contributed by atoms with E-state index < -0.39 is 0 Å². The molecule has 0 aliphatic rings. The predicted octanol–water partition coefficient (Wildman–Crippen LogP) is 3.46. The van der Waals surface area contributed by atoms with Crippen molar-refractivity contribution in [3.63, 3.8) is 0 Å². The van der Waals surface area contributed by atoms with E-state index >= 15 is 0 Å². The van der Waals surface area contributed by atoms with Crippen LogP contribution in [-0.2, 0) is 13.1 Å². The van der Waals surface area contributed by atoms with Crippen LogP contribution < -0.4 is 15.4 Å². The smallest absolute Gasteiger partial charge is 0.191 e. The Morgan fingerprint density at radius 1 is 1.13 bits per heavy atom. The number of methoxy groups -OCH3 is 1. The lowest BCUT2D eigenvalue weighted by atomic mass is 10.2. The van der Waals surface area contributed by atoms with Gasteiger partial charge in [-0.1, -0.05) is 18.2 Å². The van der Waals surface area contributed by atoms with Crippen LogP contribution in [0.4, 0.5) is 4.39 Å². The number of nitrogens with one attached hydrogen (secondary N) is 2. The van der Waals surface area contributed by atoms with Crippen LogP contribution in [0.1, 0.15) is 11.1 Å². The van der Waals surface area contributed by atoms with E-state index in [1.54, 1.807) is 20.2 Å². The third-order valence-electron chi connectivity index (χ3n) is 3.26. The molecule has 0 amide bonds. The van der Waals surface area contributed by atoms with Crippen molar-refractivity contribution in [2.75, 3.05) is 14.2 Å². The minimum Gasteiger partial charge on any atom is -0.497 e. The number of halogens is 2.